The zero-order valence-electron chi connectivity index (χ0n) is 14.6. The van der Waals surface area contributed by atoms with E-state index in [9.17, 15) is 25.9 Å². The zero-order chi connectivity index (χ0) is 20.4. The molecule has 0 spiro atoms. The molecule has 4 rings (SSSR count). The molecule has 0 saturated carbocycles. The molecule has 0 atom stereocenters. The molecule has 0 aliphatic carbocycles. The summed E-state index contributed by atoms with van der Waals surface area (Å²) in [5.41, 5.74) is 1.01. The largest absolute Gasteiger partial charge is 2.00 e. The van der Waals surface area contributed by atoms with E-state index in [1.54, 1.807) is 48.5 Å². The van der Waals surface area contributed by atoms with E-state index in [0.29, 0.717) is 11.0 Å². The summed E-state index contributed by atoms with van der Waals surface area (Å²) in [4.78, 5) is 7.49. The monoisotopic (exact) mass is 624 g/mol. The van der Waals surface area contributed by atoms with Crippen LogP contribution >= 0.6 is 0 Å². The molecule has 29 heavy (non-hydrogen) atoms. The van der Waals surface area contributed by atoms with Crippen molar-refractivity contribution >= 4 is 69.3 Å². The number of para-hydroxylation sites is 2. The zero-order valence-corrected chi connectivity index (χ0v) is 20.1. The number of hydrogen-bond acceptors (Lipinski definition) is 8. The molecule has 2 aromatic heterocycles. The van der Waals surface area contributed by atoms with Gasteiger partial charge >= 0.3 is 27.3 Å². The molecule has 2 aromatic carbocycles. The maximum Gasteiger partial charge on any atom is 2.00 e. The fourth-order valence-electron chi connectivity index (χ4n) is 2.37. The fourth-order valence-corrected chi connectivity index (χ4v) is 3.26. The van der Waals surface area contributed by atoms with Gasteiger partial charge in [-0.25, -0.2) is 26.8 Å². The Morgan fingerprint density at radius 1 is 0.552 bits per heavy atom. The minimum absolute atomic E-state index is 0. The van der Waals surface area contributed by atoms with Crippen LogP contribution in [0.15, 0.2) is 82.8 Å². The van der Waals surface area contributed by atoms with Crippen molar-refractivity contribution in [1.29, 1.82) is 0 Å². The third kappa shape index (κ3) is 5.99. The van der Waals surface area contributed by atoms with Crippen LogP contribution in [-0.4, -0.2) is 63.2 Å². The normalized spacial score (nSPS) is 11.4. The molecule has 2 radical (unpaired) electrons. The van der Waals surface area contributed by atoms with E-state index in [1.807, 2.05) is 12.1 Å². The average molecular weight is 624 g/mol. The Labute approximate surface area is 187 Å². The van der Waals surface area contributed by atoms with Crippen LogP contribution in [0.5, 0.6) is 0 Å². The molecule has 8 nitrogen and oxygen atoms in total. The quantitative estimate of drug-likeness (QED) is 0.244. The number of nitrogens with zero attached hydrogens (tertiary/aromatic N) is 2. The molecule has 0 saturated heterocycles. The van der Waals surface area contributed by atoms with Crippen molar-refractivity contribution in [3.05, 3.63) is 72.8 Å². The minimum atomic E-state index is -4.46. The number of rotatable bonds is 2. The van der Waals surface area contributed by atoms with Crippen LogP contribution < -0.4 is 0 Å². The summed E-state index contributed by atoms with van der Waals surface area (Å²) >= 11 is 0. The predicted molar refractivity (Wildman–Crippen MR) is 105 cm³/mol. The molecular weight excluding hydrogens is 612 g/mol. The van der Waals surface area contributed by atoms with Gasteiger partial charge in [0.25, 0.3) is 0 Å². The van der Waals surface area contributed by atoms with Crippen LogP contribution in [-0.2, 0) is 20.2 Å². The number of benzene rings is 2. The van der Waals surface area contributed by atoms with Gasteiger partial charge in [0.15, 0.2) is 0 Å². The first-order chi connectivity index (χ1) is 13.1. The summed E-state index contributed by atoms with van der Waals surface area (Å²) in [7, 11) is -8.91. The second kappa shape index (κ2) is 9.21. The maximum absolute atomic E-state index is 10.7. The third-order valence-electron chi connectivity index (χ3n) is 3.66. The summed E-state index contributed by atoms with van der Waals surface area (Å²) in [5.74, 6) is 0. The van der Waals surface area contributed by atoms with E-state index in [-0.39, 0.29) is 27.3 Å². The summed E-state index contributed by atoms with van der Waals surface area (Å²) in [6.45, 7) is 0. The van der Waals surface area contributed by atoms with Crippen LogP contribution in [0, 0.1) is 0 Å². The van der Waals surface area contributed by atoms with E-state index in [1.165, 1.54) is 12.1 Å². The Bertz CT molecular complexity index is 1270. The average Bonchev–Trinajstić information content (AvgIpc) is 2.66. The molecule has 146 valence electrons. The Morgan fingerprint density at radius 2 is 0.897 bits per heavy atom. The van der Waals surface area contributed by atoms with Crippen LogP contribution in [0.3, 0.4) is 0 Å². The van der Waals surface area contributed by atoms with E-state index >= 15 is 0 Å². The van der Waals surface area contributed by atoms with Gasteiger partial charge in [0.1, 0.15) is 30.3 Å². The molecule has 4 aromatic rings. The van der Waals surface area contributed by atoms with Crippen molar-refractivity contribution in [3.63, 3.8) is 0 Å². The molecule has 0 amide bonds. The Balaban J connectivity index is 0.000000200. The van der Waals surface area contributed by atoms with Crippen LogP contribution in [0.4, 0.5) is 0 Å². The van der Waals surface area contributed by atoms with Crippen molar-refractivity contribution in [1.82, 2.24) is 9.97 Å². The molecule has 11 heteroatoms. The molecule has 0 bridgehead atoms. The van der Waals surface area contributed by atoms with E-state index < -0.39 is 30.3 Å². The Hall–Kier alpha value is -2.00. The van der Waals surface area contributed by atoms with E-state index in [0.717, 1.165) is 10.8 Å². The summed E-state index contributed by atoms with van der Waals surface area (Å²) in [6.07, 6.45) is 0. The van der Waals surface area contributed by atoms with Gasteiger partial charge in [-0.15, -0.1) is 0 Å². The SMILES string of the molecule is O=S(=O)([O-])c1ccc2ccccc2n1.O=S(=O)([O-])c1ccc2ccccc2n1.[Pb+2]. The van der Waals surface area contributed by atoms with Crippen LogP contribution in [0.25, 0.3) is 21.8 Å². The summed E-state index contributed by atoms with van der Waals surface area (Å²) < 4.78 is 64.0. The number of fused-ring (bicyclic) bond motifs is 2. The van der Waals surface area contributed by atoms with Crippen LogP contribution in [0.1, 0.15) is 0 Å². The molecule has 0 N–H and O–H groups in total. The smallest absolute Gasteiger partial charge is 0.743 e. The Kier molecular flexibility index (Phi) is 7.40. The van der Waals surface area contributed by atoms with Crippen molar-refractivity contribution in [2.24, 2.45) is 0 Å². The van der Waals surface area contributed by atoms with Gasteiger partial charge in [0.2, 0.25) is 0 Å². The standard InChI is InChI=1S/2C9H7NO3S.Pb/c2*11-14(12,13)9-6-5-7-3-1-2-4-8(7)10-9;/h2*1-6H,(H,11,12,13);/q;;+2/p-2. The first-order valence-corrected chi connectivity index (χ1v) is 10.6. The van der Waals surface area contributed by atoms with Crippen molar-refractivity contribution in [2.75, 3.05) is 0 Å². The third-order valence-corrected chi connectivity index (χ3v) is 5.14. The summed E-state index contributed by atoms with van der Waals surface area (Å²) in [6, 6.07) is 19.6. The predicted octanol–water partition coefficient (Wildman–Crippen LogP) is 1.90. The van der Waals surface area contributed by atoms with E-state index in [4.69, 9.17) is 0 Å². The molecule has 0 fully saturated rings. The molecular formula is C18H12N2O6PbS2. The minimum Gasteiger partial charge on any atom is -0.743 e. The molecule has 0 aliphatic rings. The number of hydrogen-bond donors (Lipinski definition) is 0. The topological polar surface area (TPSA) is 140 Å². The number of pyridine rings is 2. The molecule has 0 aliphatic heterocycles. The van der Waals surface area contributed by atoms with Crippen LogP contribution in [0.2, 0.25) is 0 Å². The van der Waals surface area contributed by atoms with Crippen molar-refractivity contribution < 1.29 is 25.9 Å². The van der Waals surface area contributed by atoms with Gasteiger partial charge in [-0.05, 0) is 36.4 Å². The maximum atomic E-state index is 10.7. The van der Waals surface area contributed by atoms with Gasteiger partial charge in [-0.1, -0.05) is 36.4 Å². The van der Waals surface area contributed by atoms with Gasteiger partial charge in [-0.2, -0.15) is 0 Å². The molecule has 2 heterocycles. The second-order valence-corrected chi connectivity index (χ2v) is 8.25. The fraction of sp³-hybridized carbons (Fsp3) is 0. The first-order valence-electron chi connectivity index (χ1n) is 7.78. The van der Waals surface area contributed by atoms with Crippen molar-refractivity contribution in [3.8, 4) is 0 Å². The second-order valence-electron chi connectivity index (χ2n) is 5.59. The number of aromatic nitrogens is 2. The van der Waals surface area contributed by atoms with Gasteiger partial charge in [-0.3, -0.25) is 0 Å². The Morgan fingerprint density at radius 3 is 1.24 bits per heavy atom. The van der Waals surface area contributed by atoms with Gasteiger partial charge in [0, 0.05) is 10.8 Å². The molecule has 0 unspecified atom stereocenters. The van der Waals surface area contributed by atoms with E-state index in [2.05, 4.69) is 9.97 Å². The van der Waals surface area contributed by atoms with Crippen molar-refractivity contribution in [2.45, 2.75) is 10.1 Å². The van der Waals surface area contributed by atoms with Gasteiger partial charge in [0.05, 0.1) is 11.0 Å². The first kappa shape index (κ1) is 23.3. The summed E-state index contributed by atoms with van der Waals surface area (Å²) in [5, 5.41) is 0.743. The van der Waals surface area contributed by atoms with Gasteiger partial charge < -0.3 is 9.11 Å².